The van der Waals surface area contributed by atoms with Crippen molar-refractivity contribution in [1.29, 1.82) is 0 Å². The molecule has 2 heteroatoms. The number of benzene rings is 1. The lowest BCUT2D eigenvalue weighted by Crippen LogP contribution is -2.26. The van der Waals surface area contributed by atoms with Gasteiger partial charge < -0.3 is 9.73 Å². The summed E-state index contributed by atoms with van der Waals surface area (Å²) in [5.41, 5.74) is 2.81. The van der Waals surface area contributed by atoms with Gasteiger partial charge in [-0.15, -0.1) is 0 Å². The predicted octanol–water partition coefficient (Wildman–Crippen LogP) is 4.44. The Kier molecular flexibility index (Phi) is 4.22. The molecule has 0 fully saturated rings. The Balaban J connectivity index is 1.52. The second-order valence-electron chi connectivity index (χ2n) is 5.80. The van der Waals surface area contributed by atoms with E-state index in [0.29, 0.717) is 12.0 Å². The summed E-state index contributed by atoms with van der Waals surface area (Å²) in [6.45, 7) is 3.37. The fourth-order valence-electron chi connectivity index (χ4n) is 3.12. The van der Waals surface area contributed by atoms with Crippen LogP contribution in [0.2, 0.25) is 0 Å². The number of fused-ring (bicyclic) bond motifs is 1. The lowest BCUT2D eigenvalue weighted by Gasteiger charge is -2.23. The van der Waals surface area contributed by atoms with Gasteiger partial charge in [0.25, 0.3) is 0 Å². The van der Waals surface area contributed by atoms with Crippen LogP contribution in [0.1, 0.15) is 55.0 Å². The van der Waals surface area contributed by atoms with Crippen LogP contribution >= 0.6 is 0 Å². The molecule has 0 amide bonds. The second kappa shape index (κ2) is 6.27. The number of hydrogen-bond donors (Lipinski definition) is 1. The van der Waals surface area contributed by atoms with Crippen molar-refractivity contribution < 1.29 is 4.42 Å². The van der Waals surface area contributed by atoms with Crippen molar-refractivity contribution in [3.8, 4) is 0 Å². The molecule has 0 radical (unpaired) electrons. The second-order valence-corrected chi connectivity index (χ2v) is 5.80. The Labute approximate surface area is 121 Å². The first kappa shape index (κ1) is 13.4. The van der Waals surface area contributed by atoms with Gasteiger partial charge in [0, 0.05) is 18.0 Å². The molecule has 0 saturated heterocycles. The van der Waals surface area contributed by atoms with E-state index in [0.717, 1.165) is 13.0 Å². The van der Waals surface area contributed by atoms with Gasteiger partial charge in [-0.05, 0) is 43.4 Å². The maximum absolute atomic E-state index is 5.54. The van der Waals surface area contributed by atoms with Crippen LogP contribution in [0.25, 0.3) is 0 Å². The SMILES string of the molecule is CC(CCNC1CCCc2occc21)c1ccccc1. The standard InChI is InChI=1S/C18H23NO/c1-14(15-6-3-2-4-7-15)10-12-19-17-8-5-9-18-16(17)11-13-20-18/h2-4,6-7,11,13-14,17,19H,5,8-10,12H2,1H3. The van der Waals surface area contributed by atoms with E-state index in [9.17, 15) is 0 Å². The van der Waals surface area contributed by atoms with Gasteiger partial charge >= 0.3 is 0 Å². The Hall–Kier alpha value is -1.54. The Morgan fingerprint density at radius 1 is 1.25 bits per heavy atom. The molecule has 1 heterocycles. The smallest absolute Gasteiger partial charge is 0.108 e. The summed E-state index contributed by atoms with van der Waals surface area (Å²) < 4.78 is 5.54. The molecule has 2 unspecified atom stereocenters. The summed E-state index contributed by atoms with van der Waals surface area (Å²) in [5.74, 6) is 1.79. The normalized spacial score (nSPS) is 19.6. The van der Waals surface area contributed by atoms with Crippen LogP contribution in [0.4, 0.5) is 0 Å². The zero-order chi connectivity index (χ0) is 13.8. The van der Waals surface area contributed by atoms with Crippen molar-refractivity contribution in [2.24, 2.45) is 0 Å². The van der Waals surface area contributed by atoms with Crippen LogP contribution < -0.4 is 5.32 Å². The average Bonchev–Trinajstić information content (AvgIpc) is 2.97. The van der Waals surface area contributed by atoms with E-state index in [2.05, 4.69) is 48.6 Å². The van der Waals surface area contributed by atoms with E-state index >= 15 is 0 Å². The fraction of sp³-hybridized carbons (Fsp3) is 0.444. The highest BCUT2D eigenvalue weighted by Crippen LogP contribution is 2.30. The summed E-state index contributed by atoms with van der Waals surface area (Å²) in [7, 11) is 0. The highest BCUT2D eigenvalue weighted by molar-refractivity contribution is 5.24. The van der Waals surface area contributed by atoms with Crippen molar-refractivity contribution in [3.05, 3.63) is 59.5 Å². The molecule has 1 aliphatic carbocycles. The van der Waals surface area contributed by atoms with Crippen LogP contribution in [0.3, 0.4) is 0 Å². The van der Waals surface area contributed by atoms with Crippen LogP contribution in [0.5, 0.6) is 0 Å². The summed E-state index contributed by atoms with van der Waals surface area (Å²) in [4.78, 5) is 0. The summed E-state index contributed by atoms with van der Waals surface area (Å²) in [5, 5.41) is 3.70. The maximum Gasteiger partial charge on any atom is 0.108 e. The first-order valence-electron chi connectivity index (χ1n) is 7.69. The molecule has 0 saturated carbocycles. The van der Waals surface area contributed by atoms with E-state index in [1.165, 1.54) is 36.1 Å². The van der Waals surface area contributed by atoms with Crippen LogP contribution in [0.15, 0.2) is 47.1 Å². The number of furan rings is 1. The number of hydrogen-bond acceptors (Lipinski definition) is 2. The number of aryl methyl sites for hydroxylation is 1. The lowest BCUT2D eigenvalue weighted by molar-refractivity contribution is 0.406. The molecule has 1 aromatic carbocycles. The minimum atomic E-state index is 0.487. The Morgan fingerprint density at radius 3 is 2.95 bits per heavy atom. The van der Waals surface area contributed by atoms with Gasteiger partial charge in [0.05, 0.1) is 6.26 Å². The largest absolute Gasteiger partial charge is 0.469 e. The topological polar surface area (TPSA) is 25.2 Å². The van der Waals surface area contributed by atoms with Gasteiger partial charge in [-0.2, -0.15) is 0 Å². The zero-order valence-electron chi connectivity index (χ0n) is 12.1. The van der Waals surface area contributed by atoms with Crippen molar-refractivity contribution >= 4 is 0 Å². The maximum atomic E-state index is 5.54. The van der Waals surface area contributed by atoms with Crippen molar-refractivity contribution in [2.45, 2.75) is 44.6 Å². The van der Waals surface area contributed by atoms with Gasteiger partial charge in [0.15, 0.2) is 0 Å². The molecule has 2 atom stereocenters. The van der Waals surface area contributed by atoms with E-state index in [1.807, 2.05) is 6.26 Å². The monoisotopic (exact) mass is 269 g/mol. The van der Waals surface area contributed by atoms with Gasteiger partial charge in [-0.25, -0.2) is 0 Å². The van der Waals surface area contributed by atoms with Gasteiger partial charge in [-0.1, -0.05) is 37.3 Å². The van der Waals surface area contributed by atoms with Crippen LogP contribution in [-0.2, 0) is 6.42 Å². The van der Waals surface area contributed by atoms with Crippen LogP contribution in [0, 0.1) is 0 Å². The molecule has 1 aliphatic rings. The first-order chi connectivity index (χ1) is 9.84. The average molecular weight is 269 g/mol. The minimum absolute atomic E-state index is 0.487. The number of nitrogens with one attached hydrogen (secondary N) is 1. The van der Waals surface area contributed by atoms with E-state index in [4.69, 9.17) is 4.42 Å². The van der Waals surface area contributed by atoms with Gasteiger partial charge in [0.2, 0.25) is 0 Å². The van der Waals surface area contributed by atoms with Crippen molar-refractivity contribution in [1.82, 2.24) is 5.32 Å². The quantitative estimate of drug-likeness (QED) is 0.868. The fourth-order valence-corrected chi connectivity index (χ4v) is 3.12. The number of rotatable bonds is 5. The van der Waals surface area contributed by atoms with Gasteiger partial charge in [0.1, 0.15) is 5.76 Å². The van der Waals surface area contributed by atoms with Crippen LogP contribution in [-0.4, -0.2) is 6.54 Å². The van der Waals surface area contributed by atoms with Gasteiger partial charge in [-0.3, -0.25) is 0 Å². The van der Waals surface area contributed by atoms with E-state index in [-0.39, 0.29) is 0 Å². The molecule has 20 heavy (non-hydrogen) atoms. The highest BCUT2D eigenvalue weighted by atomic mass is 16.3. The molecule has 1 N–H and O–H groups in total. The summed E-state index contributed by atoms with van der Waals surface area (Å²) in [6, 6.07) is 13.4. The first-order valence-corrected chi connectivity index (χ1v) is 7.69. The Bertz CT molecular complexity index is 531. The van der Waals surface area contributed by atoms with E-state index < -0.39 is 0 Å². The van der Waals surface area contributed by atoms with E-state index in [1.54, 1.807) is 0 Å². The molecule has 106 valence electrons. The predicted molar refractivity (Wildman–Crippen MR) is 81.9 cm³/mol. The third-order valence-electron chi connectivity index (χ3n) is 4.39. The molecule has 1 aromatic heterocycles. The lowest BCUT2D eigenvalue weighted by atomic mass is 9.92. The molecule has 2 aromatic rings. The Morgan fingerprint density at radius 2 is 2.10 bits per heavy atom. The molecule has 2 nitrogen and oxygen atoms in total. The molecule has 3 rings (SSSR count). The van der Waals surface area contributed by atoms with Crippen molar-refractivity contribution in [3.63, 3.8) is 0 Å². The molecule has 0 spiro atoms. The molecule has 0 bridgehead atoms. The van der Waals surface area contributed by atoms with Crippen molar-refractivity contribution in [2.75, 3.05) is 6.54 Å². The summed E-state index contributed by atoms with van der Waals surface area (Å²) in [6.07, 6.45) is 6.56. The molecular formula is C18H23NO. The minimum Gasteiger partial charge on any atom is -0.469 e. The highest BCUT2D eigenvalue weighted by Gasteiger charge is 2.21. The molecular weight excluding hydrogens is 246 g/mol. The third-order valence-corrected chi connectivity index (χ3v) is 4.39. The zero-order valence-corrected chi connectivity index (χ0v) is 12.1. The third kappa shape index (κ3) is 2.96. The summed E-state index contributed by atoms with van der Waals surface area (Å²) >= 11 is 0. The molecule has 0 aliphatic heterocycles.